The van der Waals surface area contributed by atoms with Gasteiger partial charge in [-0.1, -0.05) is 11.6 Å². The van der Waals surface area contributed by atoms with Crippen molar-refractivity contribution in [1.82, 2.24) is 4.90 Å². The number of nitrogens with zero attached hydrogens (tertiary/aromatic N) is 1. The number of carbonyl (C=O) groups is 2. The van der Waals surface area contributed by atoms with Crippen molar-refractivity contribution in [3.8, 4) is 5.75 Å². The Morgan fingerprint density at radius 2 is 2.36 bits per heavy atom. The SMILES string of the molecule is C[C@@]12CCC(=O)N1[C@H](C(=O)OCc1cc(Cl)cc3c1OCOC3)CS2. The summed E-state index contributed by atoms with van der Waals surface area (Å²) in [6.07, 6.45) is 1.26. The van der Waals surface area contributed by atoms with E-state index in [-0.39, 0.29) is 30.1 Å². The van der Waals surface area contributed by atoms with Gasteiger partial charge in [-0.05, 0) is 25.5 Å². The molecule has 2 fully saturated rings. The van der Waals surface area contributed by atoms with Crippen LogP contribution < -0.4 is 4.74 Å². The molecule has 1 aromatic rings. The molecule has 0 N–H and O–H groups in total. The molecule has 6 nitrogen and oxygen atoms in total. The summed E-state index contributed by atoms with van der Waals surface area (Å²) >= 11 is 7.77. The number of rotatable bonds is 3. The molecule has 0 bridgehead atoms. The molecule has 134 valence electrons. The molecule has 3 heterocycles. The third-order valence-electron chi connectivity index (χ3n) is 4.84. The smallest absolute Gasteiger partial charge is 0.330 e. The summed E-state index contributed by atoms with van der Waals surface area (Å²) in [5.74, 6) is 0.868. The summed E-state index contributed by atoms with van der Waals surface area (Å²) in [5, 5.41) is 0.539. The monoisotopic (exact) mass is 383 g/mol. The van der Waals surface area contributed by atoms with Crippen LogP contribution in [-0.4, -0.2) is 40.2 Å². The summed E-state index contributed by atoms with van der Waals surface area (Å²) < 4.78 is 16.3. The van der Waals surface area contributed by atoms with Crippen molar-refractivity contribution in [3.63, 3.8) is 0 Å². The Hall–Kier alpha value is -1.44. The number of esters is 1. The number of hydrogen-bond acceptors (Lipinski definition) is 6. The topological polar surface area (TPSA) is 65.1 Å². The van der Waals surface area contributed by atoms with Crippen LogP contribution in [-0.2, 0) is 32.3 Å². The maximum Gasteiger partial charge on any atom is 0.330 e. The predicted molar refractivity (Wildman–Crippen MR) is 92.3 cm³/mol. The van der Waals surface area contributed by atoms with Gasteiger partial charge in [0.15, 0.2) is 6.79 Å². The summed E-state index contributed by atoms with van der Waals surface area (Å²) in [4.78, 5) is 26.1. The zero-order chi connectivity index (χ0) is 17.6. The number of benzene rings is 1. The van der Waals surface area contributed by atoms with Crippen molar-refractivity contribution in [2.75, 3.05) is 12.5 Å². The lowest BCUT2D eigenvalue weighted by atomic mass is 10.1. The van der Waals surface area contributed by atoms with Crippen LogP contribution >= 0.6 is 23.4 Å². The number of thioether (sulfide) groups is 1. The van der Waals surface area contributed by atoms with Crippen molar-refractivity contribution in [3.05, 3.63) is 28.3 Å². The molecule has 0 aromatic heterocycles. The minimum absolute atomic E-state index is 0.0232. The van der Waals surface area contributed by atoms with Crippen LogP contribution in [0.15, 0.2) is 12.1 Å². The number of fused-ring (bicyclic) bond motifs is 2. The van der Waals surface area contributed by atoms with E-state index in [2.05, 4.69) is 0 Å². The highest BCUT2D eigenvalue weighted by molar-refractivity contribution is 8.01. The Bertz CT molecular complexity index is 742. The van der Waals surface area contributed by atoms with Gasteiger partial charge in [0.05, 0.1) is 11.5 Å². The van der Waals surface area contributed by atoms with Gasteiger partial charge in [0.25, 0.3) is 0 Å². The van der Waals surface area contributed by atoms with E-state index in [9.17, 15) is 9.59 Å². The van der Waals surface area contributed by atoms with Crippen LogP contribution in [0.5, 0.6) is 5.75 Å². The molecule has 8 heteroatoms. The molecule has 3 aliphatic heterocycles. The minimum atomic E-state index is -0.524. The molecule has 0 spiro atoms. The lowest BCUT2D eigenvalue weighted by Gasteiger charge is -2.29. The molecule has 3 aliphatic rings. The normalized spacial score (nSPS) is 27.7. The van der Waals surface area contributed by atoms with Crippen LogP contribution in [0.3, 0.4) is 0 Å². The molecule has 0 saturated carbocycles. The molecule has 2 atom stereocenters. The third-order valence-corrected chi connectivity index (χ3v) is 6.56. The number of carbonyl (C=O) groups excluding carboxylic acids is 2. The van der Waals surface area contributed by atoms with Gasteiger partial charge in [0.2, 0.25) is 5.91 Å². The maximum absolute atomic E-state index is 12.6. The quantitative estimate of drug-likeness (QED) is 0.748. The van der Waals surface area contributed by atoms with Crippen molar-refractivity contribution < 1.29 is 23.8 Å². The molecule has 2 saturated heterocycles. The lowest BCUT2D eigenvalue weighted by Crippen LogP contribution is -2.46. The Balaban J connectivity index is 1.48. The van der Waals surface area contributed by atoms with Crippen LogP contribution in [0, 0.1) is 0 Å². The van der Waals surface area contributed by atoms with E-state index in [4.69, 9.17) is 25.8 Å². The average molecular weight is 384 g/mol. The van der Waals surface area contributed by atoms with E-state index >= 15 is 0 Å². The molecule has 1 amide bonds. The van der Waals surface area contributed by atoms with Crippen LogP contribution in [0.4, 0.5) is 0 Å². The molecule has 0 unspecified atom stereocenters. The van der Waals surface area contributed by atoms with Crippen molar-refractivity contribution in [2.45, 2.75) is 43.9 Å². The van der Waals surface area contributed by atoms with Gasteiger partial charge in [0, 0.05) is 28.3 Å². The number of hydrogen-bond donors (Lipinski definition) is 0. The highest BCUT2D eigenvalue weighted by atomic mass is 35.5. The molecular weight excluding hydrogens is 366 g/mol. The molecule has 0 aliphatic carbocycles. The van der Waals surface area contributed by atoms with Crippen molar-refractivity contribution in [1.29, 1.82) is 0 Å². The van der Waals surface area contributed by atoms with Crippen LogP contribution in [0.2, 0.25) is 5.02 Å². The summed E-state index contributed by atoms with van der Waals surface area (Å²) in [6.45, 7) is 2.64. The summed E-state index contributed by atoms with van der Waals surface area (Å²) in [5.41, 5.74) is 1.55. The average Bonchev–Trinajstić information content (AvgIpc) is 3.08. The molecule has 4 rings (SSSR count). The Morgan fingerprint density at radius 1 is 1.52 bits per heavy atom. The first kappa shape index (κ1) is 17.0. The van der Waals surface area contributed by atoms with Crippen molar-refractivity contribution >= 4 is 35.2 Å². The fraction of sp³-hybridized carbons (Fsp3) is 0.529. The second-order valence-corrected chi connectivity index (χ2v) is 8.48. The van der Waals surface area contributed by atoms with Gasteiger partial charge in [-0.25, -0.2) is 4.79 Å². The summed E-state index contributed by atoms with van der Waals surface area (Å²) in [7, 11) is 0. The van der Waals surface area contributed by atoms with Gasteiger partial charge in [0.1, 0.15) is 18.4 Å². The molecule has 25 heavy (non-hydrogen) atoms. The second kappa shape index (κ2) is 6.37. The minimum Gasteiger partial charge on any atom is -0.467 e. The highest BCUT2D eigenvalue weighted by Crippen LogP contribution is 2.47. The first-order valence-corrected chi connectivity index (χ1v) is 9.49. The lowest BCUT2D eigenvalue weighted by molar-refractivity contribution is -0.154. The van der Waals surface area contributed by atoms with E-state index in [1.165, 1.54) is 0 Å². The molecule has 1 aromatic carbocycles. The van der Waals surface area contributed by atoms with Crippen molar-refractivity contribution in [2.24, 2.45) is 0 Å². The van der Waals surface area contributed by atoms with E-state index in [0.717, 1.165) is 12.0 Å². The first-order chi connectivity index (χ1) is 12.0. The van der Waals surface area contributed by atoms with Gasteiger partial charge < -0.3 is 19.1 Å². The van der Waals surface area contributed by atoms with E-state index in [1.54, 1.807) is 28.8 Å². The number of halogens is 1. The Morgan fingerprint density at radius 3 is 3.20 bits per heavy atom. The Kier molecular flexibility index (Phi) is 4.33. The second-order valence-electron chi connectivity index (χ2n) is 6.54. The van der Waals surface area contributed by atoms with Gasteiger partial charge in [-0.15, -0.1) is 11.8 Å². The number of ether oxygens (including phenoxy) is 3. The standard InChI is InChI=1S/C17H18ClNO5S/c1-17-3-2-14(20)19(17)13(8-25-17)16(21)23-7-11-5-12(18)4-10-6-22-9-24-15(10)11/h4-5,13H,2-3,6-9H2,1H3/t13-,17+/m0/s1. The largest absolute Gasteiger partial charge is 0.467 e. The fourth-order valence-corrected chi connectivity index (χ4v) is 5.28. The van der Waals surface area contributed by atoms with E-state index in [1.807, 2.05) is 6.92 Å². The first-order valence-electron chi connectivity index (χ1n) is 8.12. The van der Waals surface area contributed by atoms with Crippen LogP contribution in [0.1, 0.15) is 30.9 Å². The third kappa shape index (κ3) is 2.98. The van der Waals surface area contributed by atoms with Crippen LogP contribution in [0.25, 0.3) is 0 Å². The summed E-state index contributed by atoms with van der Waals surface area (Å²) in [6, 6.07) is 2.99. The fourth-order valence-electron chi connectivity index (χ4n) is 3.60. The zero-order valence-corrected chi connectivity index (χ0v) is 15.3. The number of amides is 1. The van der Waals surface area contributed by atoms with E-state index in [0.29, 0.717) is 35.1 Å². The van der Waals surface area contributed by atoms with Gasteiger partial charge in [-0.3, -0.25) is 4.79 Å². The highest BCUT2D eigenvalue weighted by Gasteiger charge is 2.53. The Labute approximate surface area is 154 Å². The molecule has 0 radical (unpaired) electrons. The predicted octanol–water partition coefficient (Wildman–Crippen LogP) is 2.70. The van der Waals surface area contributed by atoms with Gasteiger partial charge >= 0.3 is 5.97 Å². The van der Waals surface area contributed by atoms with Gasteiger partial charge in [-0.2, -0.15) is 0 Å². The molecular formula is C17H18ClNO5S. The zero-order valence-electron chi connectivity index (χ0n) is 13.7. The van der Waals surface area contributed by atoms with E-state index < -0.39 is 6.04 Å². The maximum atomic E-state index is 12.6.